The molecule has 1 heterocycles. The van der Waals surface area contributed by atoms with Gasteiger partial charge in [0.1, 0.15) is 24.2 Å². The first-order valence-corrected chi connectivity index (χ1v) is 6.49. The summed E-state index contributed by atoms with van der Waals surface area (Å²) in [6, 6.07) is 5.55. The van der Waals surface area contributed by atoms with Gasteiger partial charge < -0.3 is 19.7 Å². The maximum Gasteiger partial charge on any atom is 0.129 e. The van der Waals surface area contributed by atoms with Crippen molar-refractivity contribution in [2.75, 3.05) is 19.8 Å². The highest BCUT2D eigenvalue weighted by Gasteiger charge is 2.21. The van der Waals surface area contributed by atoms with Crippen LogP contribution in [0.25, 0.3) is 0 Å². The molecule has 2 rings (SSSR count). The summed E-state index contributed by atoms with van der Waals surface area (Å²) in [5.41, 5.74) is 0.838. The van der Waals surface area contributed by atoms with Crippen molar-refractivity contribution >= 4 is 0 Å². The molecule has 2 N–H and O–H groups in total. The molecule has 18 heavy (non-hydrogen) atoms. The molecule has 1 aliphatic heterocycles. The molecule has 1 aliphatic rings. The Morgan fingerprint density at radius 1 is 1.22 bits per heavy atom. The lowest BCUT2D eigenvalue weighted by atomic mass is 10.1. The van der Waals surface area contributed by atoms with Crippen molar-refractivity contribution in [1.29, 1.82) is 0 Å². The number of rotatable bonds is 7. The average Bonchev–Trinajstić information content (AvgIpc) is 2.75. The van der Waals surface area contributed by atoms with Gasteiger partial charge >= 0.3 is 0 Å². The number of aliphatic hydroxyl groups is 2. The molecule has 0 saturated heterocycles. The average molecular weight is 252 g/mol. The molecular formula is C14H20O4. The van der Waals surface area contributed by atoms with Crippen LogP contribution < -0.4 is 9.47 Å². The maximum absolute atomic E-state index is 9.58. The van der Waals surface area contributed by atoms with Crippen molar-refractivity contribution in [1.82, 2.24) is 0 Å². The van der Waals surface area contributed by atoms with E-state index in [-0.39, 0.29) is 6.61 Å². The second kappa shape index (κ2) is 6.61. The molecule has 1 unspecified atom stereocenters. The third kappa shape index (κ3) is 3.37. The zero-order valence-corrected chi connectivity index (χ0v) is 10.5. The molecule has 0 amide bonds. The van der Waals surface area contributed by atoms with Crippen LogP contribution in [0, 0.1) is 0 Å². The summed E-state index contributed by atoms with van der Waals surface area (Å²) in [5.74, 6) is 1.50. The third-order valence-corrected chi connectivity index (χ3v) is 3.06. The molecule has 4 nitrogen and oxygen atoms in total. The van der Waals surface area contributed by atoms with Gasteiger partial charge in [-0.05, 0) is 31.4 Å². The quantitative estimate of drug-likeness (QED) is 0.729. The van der Waals surface area contributed by atoms with Crippen LogP contribution in [0.5, 0.6) is 11.5 Å². The van der Waals surface area contributed by atoms with Crippen molar-refractivity contribution in [3.8, 4) is 11.5 Å². The smallest absolute Gasteiger partial charge is 0.129 e. The van der Waals surface area contributed by atoms with Crippen molar-refractivity contribution in [3.63, 3.8) is 0 Å². The van der Waals surface area contributed by atoms with Gasteiger partial charge in [-0.2, -0.15) is 0 Å². The standard InChI is InChI=1S/C14H20O4/c15-7-3-1-2-4-8-17-11-5-6-12-13(16)10-18-14(12)9-11/h5-6,9,13,15-16H,1-4,7-8,10H2. The Morgan fingerprint density at radius 2 is 2.06 bits per heavy atom. The molecular weight excluding hydrogens is 232 g/mol. The van der Waals surface area contributed by atoms with E-state index in [4.69, 9.17) is 14.6 Å². The van der Waals surface area contributed by atoms with Gasteiger partial charge in [0.05, 0.1) is 6.61 Å². The summed E-state index contributed by atoms with van der Waals surface area (Å²) in [6.45, 7) is 1.28. The van der Waals surface area contributed by atoms with Crippen molar-refractivity contribution in [2.24, 2.45) is 0 Å². The Morgan fingerprint density at radius 3 is 2.89 bits per heavy atom. The van der Waals surface area contributed by atoms with E-state index in [1.54, 1.807) is 0 Å². The number of hydrogen-bond acceptors (Lipinski definition) is 4. The van der Waals surface area contributed by atoms with E-state index in [0.29, 0.717) is 13.2 Å². The lowest BCUT2D eigenvalue weighted by Gasteiger charge is -2.07. The van der Waals surface area contributed by atoms with Crippen molar-refractivity contribution in [3.05, 3.63) is 23.8 Å². The van der Waals surface area contributed by atoms with Crippen LogP contribution in [0.4, 0.5) is 0 Å². The van der Waals surface area contributed by atoms with Gasteiger partial charge in [0.2, 0.25) is 0 Å². The summed E-state index contributed by atoms with van der Waals surface area (Å²) in [7, 11) is 0. The molecule has 0 bridgehead atoms. The minimum Gasteiger partial charge on any atom is -0.493 e. The van der Waals surface area contributed by atoms with E-state index in [1.807, 2.05) is 18.2 Å². The Bertz CT molecular complexity index is 378. The number of aliphatic hydroxyl groups excluding tert-OH is 2. The molecule has 100 valence electrons. The van der Waals surface area contributed by atoms with Gasteiger partial charge in [0, 0.05) is 18.2 Å². The molecule has 0 aromatic heterocycles. The summed E-state index contributed by atoms with van der Waals surface area (Å²) >= 11 is 0. The zero-order valence-electron chi connectivity index (χ0n) is 10.5. The first kappa shape index (κ1) is 13.2. The van der Waals surface area contributed by atoms with Gasteiger partial charge in [0.15, 0.2) is 0 Å². The fourth-order valence-electron chi connectivity index (χ4n) is 2.02. The second-order valence-corrected chi connectivity index (χ2v) is 4.51. The number of benzene rings is 1. The SMILES string of the molecule is OCCCCCCOc1ccc2c(c1)OCC2O. The fourth-order valence-corrected chi connectivity index (χ4v) is 2.02. The summed E-state index contributed by atoms with van der Waals surface area (Å²) in [4.78, 5) is 0. The highest BCUT2D eigenvalue weighted by Crippen LogP contribution is 2.35. The first-order chi connectivity index (χ1) is 8.81. The van der Waals surface area contributed by atoms with Crippen molar-refractivity contribution < 1.29 is 19.7 Å². The Labute approximate surface area is 107 Å². The van der Waals surface area contributed by atoms with Crippen LogP contribution in [-0.4, -0.2) is 30.0 Å². The van der Waals surface area contributed by atoms with Gasteiger partial charge in [-0.25, -0.2) is 0 Å². The monoisotopic (exact) mass is 252 g/mol. The Hall–Kier alpha value is -1.26. The van der Waals surface area contributed by atoms with Crippen molar-refractivity contribution in [2.45, 2.75) is 31.8 Å². The Balaban J connectivity index is 1.74. The number of hydrogen-bond donors (Lipinski definition) is 2. The number of fused-ring (bicyclic) bond motifs is 1. The summed E-state index contributed by atoms with van der Waals surface area (Å²) in [6.07, 6.45) is 3.46. The molecule has 1 aromatic carbocycles. The van der Waals surface area contributed by atoms with Crippen LogP contribution in [0.15, 0.2) is 18.2 Å². The van der Waals surface area contributed by atoms with E-state index in [0.717, 1.165) is 42.7 Å². The van der Waals surface area contributed by atoms with Gasteiger partial charge in [-0.1, -0.05) is 6.42 Å². The summed E-state index contributed by atoms with van der Waals surface area (Å²) in [5, 5.41) is 18.2. The predicted molar refractivity (Wildman–Crippen MR) is 67.9 cm³/mol. The first-order valence-electron chi connectivity index (χ1n) is 6.49. The highest BCUT2D eigenvalue weighted by atomic mass is 16.5. The Kier molecular flexibility index (Phi) is 4.84. The third-order valence-electron chi connectivity index (χ3n) is 3.06. The lowest BCUT2D eigenvalue weighted by Crippen LogP contribution is -1.98. The molecule has 0 spiro atoms. The van der Waals surface area contributed by atoms with E-state index in [1.165, 1.54) is 0 Å². The molecule has 1 atom stereocenters. The number of unbranched alkanes of at least 4 members (excludes halogenated alkanes) is 3. The summed E-state index contributed by atoms with van der Waals surface area (Å²) < 4.78 is 11.0. The molecule has 0 fully saturated rings. The van der Waals surface area contributed by atoms with Gasteiger partial charge in [0.25, 0.3) is 0 Å². The fraction of sp³-hybridized carbons (Fsp3) is 0.571. The second-order valence-electron chi connectivity index (χ2n) is 4.51. The van der Waals surface area contributed by atoms with E-state index >= 15 is 0 Å². The van der Waals surface area contributed by atoms with E-state index < -0.39 is 6.10 Å². The molecule has 4 heteroatoms. The molecule has 0 saturated carbocycles. The van der Waals surface area contributed by atoms with Crippen LogP contribution >= 0.6 is 0 Å². The van der Waals surface area contributed by atoms with E-state index in [9.17, 15) is 5.11 Å². The topological polar surface area (TPSA) is 58.9 Å². The molecule has 1 aromatic rings. The maximum atomic E-state index is 9.58. The van der Waals surface area contributed by atoms with Gasteiger partial charge in [-0.15, -0.1) is 0 Å². The largest absolute Gasteiger partial charge is 0.493 e. The van der Waals surface area contributed by atoms with Crippen LogP contribution in [0.1, 0.15) is 37.4 Å². The van der Waals surface area contributed by atoms with Crippen LogP contribution in [0.2, 0.25) is 0 Å². The van der Waals surface area contributed by atoms with Crippen LogP contribution in [0.3, 0.4) is 0 Å². The lowest BCUT2D eigenvalue weighted by molar-refractivity contribution is 0.140. The number of ether oxygens (including phenoxy) is 2. The minimum atomic E-state index is -0.507. The predicted octanol–water partition coefficient (Wildman–Crippen LogP) is 2.04. The molecule has 0 radical (unpaired) electrons. The molecule has 0 aliphatic carbocycles. The normalized spacial score (nSPS) is 17.3. The van der Waals surface area contributed by atoms with Gasteiger partial charge in [-0.3, -0.25) is 0 Å². The highest BCUT2D eigenvalue weighted by molar-refractivity contribution is 5.44. The minimum absolute atomic E-state index is 0.269. The van der Waals surface area contributed by atoms with E-state index in [2.05, 4.69) is 0 Å². The zero-order chi connectivity index (χ0) is 12.8. The van der Waals surface area contributed by atoms with Crippen LogP contribution in [-0.2, 0) is 0 Å².